The van der Waals surface area contributed by atoms with Crippen molar-refractivity contribution in [3.8, 4) is 11.8 Å². The van der Waals surface area contributed by atoms with Crippen LogP contribution in [-0.2, 0) is 16.6 Å². The first kappa shape index (κ1) is 28.4. The maximum Gasteiger partial charge on any atom is 0.322 e. The number of hydrogen-bond donors (Lipinski definition) is 1. The molecule has 0 bridgehead atoms. The van der Waals surface area contributed by atoms with E-state index in [1.165, 1.54) is 0 Å². The zero-order valence-electron chi connectivity index (χ0n) is 23.2. The standard InChI is InChI=1S/C29H35ClN6O3S/c1-5-36-28(21(4)33-40(37,38)25-12-13-26-22(18-25)8-6-11-27(26)30)31-32-29(36)39-24-10-7-9-23(19-24)35-16-14-34(15-17-35)20(2)3/h6-13,18-21,33H,5,14-17H2,1-4H3/t21-/m1/s1. The van der Waals surface area contributed by atoms with Crippen LogP contribution < -0.4 is 14.4 Å². The number of fused-ring (bicyclic) bond motifs is 1. The van der Waals surface area contributed by atoms with Crippen molar-refractivity contribution in [2.75, 3.05) is 31.1 Å². The maximum absolute atomic E-state index is 13.2. The first-order chi connectivity index (χ1) is 19.2. The first-order valence-electron chi connectivity index (χ1n) is 13.6. The second kappa shape index (κ2) is 11.7. The summed E-state index contributed by atoms with van der Waals surface area (Å²) in [6.45, 7) is 12.6. The minimum Gasteiger partial charge on any atom is -0.424 e. The Morgan fingerprint density at radius 3 is 2.45 bits per heavy atom. The van der Waals surface area contributed by atoms with E-state index < -0.39 is 16.1 Å². The average Bonchev–Trinajstić information content (AvgIpc) is 3.35. The minimum atomic E-state index is -3.84. The van der Waals surface area contributed by atoms with Crippen LogP contribution in [0, 0.1) is 0 Å². The third kappa shape index (κ3) is 5.95. The largest absolute Gasteiger partial charge is 0.424 e. The monoisotopic (exact) mass is 582 g/mol. The first-order valence-corrected chi connectivity index (χ1v) is 15.4. The molecule has 1 N–H and O–H groups in total. The normalized spacial score (nSPS) is 15.6. The summed E-state index contributed by atoms with van der Waals surface area (Å²) >= 11 is 6.25. The Bertz CT molecular complexity index is 1600. The van der Waals surface area contributed by atoms with E-state index in [0.29, 0.717) is 35.2 Å². The van der Waals surface area contributed by atoms with Gasteiger partial charge in [0.25, 0.3) is 0 Å². The fourth-order valence-corrected chi connectivity index (χ4v) is 6.56. The second-order valence-corrected chi connectivity index (χ2v) is 12.4. The summed E-state index contributed by atoms with van der Waals surface area (Å²) in [5, 5.41) is 10.7. The zero-order valence-corrected chi connectivity index (χ0v) is 24.8. The maximum atomic E-state index is 13.2. The lowest BCUT2D eigenvalue weighted by Gasteiger charge is -2.38. The van der Waals surface area contributed by atoms with Gasteiger partial charge in [0, 0.05) is 60.9 Å². The highest BCUT2D eigenvalue weighted by molar-refractivity contribution is 7.89. The molecule has 3 aromatic carbocycles. The van der Waals surface area contributed by atoms with Crippen LogP contribution in [0.4, 0.5) is 5.69 Å². The van der Waals surface area contributed by atoms with Gasteiger partial charge in [-0.15, -0.1) is 5.10 Å². The van der Waals surface area contributed by atoms with Crippen molar-refractivity contribution in [3.63, 3.8) is 0 Å². The lowest BCUT2D eigenvalue weighted by atomic mass is 10.1. The molecule has 212 valence electrons. The number of nitrogens with one attached hydrogen (secondary N) is 1. The highest BCUT2D eigenvalue weighted by atomic mass is 35.5. The third-order valence-corrected chi connectivity index (χ3v) is 9.19. The lowest BCUT2D eigenvalue weighted by Crippen LogP contribution is -2.48. The lowest BCUT2D eigenvalue weighted by molar-refractivity contribution is 0.209. The summed E-state index contributed by atoms with van der Waals surface area (Å²) in [7, 11) is -3.84. The van der Waals surface area contributed by atoms with Gasteiger partial charge in [0.05, 0.1) is 10.9 Å². The molecular weight excluding hydrogens is 548 g/mol. The molecule has 1 aliphatic heterocycles. The number of anilines is 1. The van der Waals surface area contributed by atoms with Gasteiger partial charge in [-0.1, -0.05) is 41.0 Å². The molecule has 2 heterocycles. The number of sulfonamides is 1. The zero-order chi connectivity index (χ0) is 28.4. The van der Waals surface area contributed by atoms with Gasteiger partial charge in [0.15, 0.2) is 5.82 Å². The van der Waals surface area contributed by atoms with Crippen LogP contribution in [0.25, 0.3) is 10.8 Å². The Morgan fingerprint density at radius 2 is 1.73 bits per heavy atom. The minimum absolute atomic E-state index is 0.152. The number of aromatic nitrogens is 3. The summed E-state index contributed by atoms with van der Waals surface area (Å²) in [5.41, 5.74) is 1.10. The summed E-state index contributed by atoms with van der Waals surface area (Å²) in [6, 6.07) is 18.5. The fourth-order valence-electron chi connectivity index (χ4n) is 5.08. The van der Waals surface area contributed by atoms with Crippen molar-refractivity contribution in [3.05, 3.63) is 71.5 Å². The van der Waals surface area contributed by atoms with Crippen molar-refractivity contribution in [1.82, 2.24) is 24.4 Å². The number of hydrogen-bond acceptors (Lipinski definition) is 7. The van der Waals surface area contributed by atoms with Gasteiger partial charge in [0.2, 0.25) is 10.0 Å². The number of piperazine rings is 1. The number of nitrogens with zero attached hydrogens (tertiary/aromatic N) is 5. The van der Waals surface area contributed by atoms with Crippen molar-refractivity contribution >= 4 is 38.1 Å². The summed E-state index contributed by atoms with van der Waals surface area (Å²) < 4.78 is 37.2. The van der Waals surface area contributed by atoms with Gasteiger partial charge >= 0.3 is 6.01 Å². The second-order valence-electron chi connectivity index (χ2n) is 10.3. The van der Waals surface area contributed by atoms with Crippen LogP contribution in [0.2, 0.25) is 5.02 Å². The van der Waals surface area contributed by atoms with E-state index in [-0.39, 0.29) is 4.90 Å². The van der Waals surface area contributed by atoms with E-state index in [1.54, 1.807) is 41.8 Å². The van der Waals surface area contributed by atoms with Crippen molar-refractivity contribution in [2.45, 2.75) is 51.2 Å². The Hall–Kier alpha value is -3.18. The molecule has 0 unspecified atom stereocenters. The number of benzene rings is 3. The molecule has 11 heteroatoms. The molecule has 9 nitrogen and oxygen atoms in total. The highest BCUT2D eigenvalue weighted by Crippen LogP contribution is 2.29. The van der Waals surface area contributed by atoms with E-state index in [2.05, 4.69) is 44.6 Å². The smallest absolute Gasteiger partial charge is 0.322 e. The molecule has 0 aliphatic carbocycles. The van der Waals surface area contributed by atoms with Gasteiger partial charge in [-0.25, -0.2) is 13.1 Å². The molecule has 0 spiro atoms. The number of ether oxygens (including phenoxy) is 1. The Labute approximate surface area is 240 Å². The Balaban J connectivity index is 1.31. The average molecular weight is 583 g/mol. The SMILES string of the molecule is CCn1c(Oc2cccc(N3CCN(C(C)C)CC3)c2)nnc1[C@@H](C)NS(=O)(=O)c1ccc2c(Cl)cccc2c1. The van der Waals surface area contributed by atoms with Crippen LogP contribution in [0.5, 0.6) is 11.8 Å². The van der Waals surface area contributed by atoms with Gasteiger partial charge in [0.1, 0.15) is 5.75 Å². The van der Waals surface area contributed by atoms with E-state index in [0.717, 1.165) is 42.6 Å². The third-order valence-electron chi connectivity index (χ3n) is 7.33. The van der Waals surface area contributed by atoms with E-state index >= 15 is 0 Å². The molecule has 40 heavy (non-hydrogen) atoms. The number of rotatable bonds is 9. The molecule has 0 amide bonds. The molecule has 4 aromatic rings. The van der Waals surface area contributed by atoms with Crippen LogP contribution in [0.1, 0.15) is 39.6 Å². The van der Waals surface area contributed by atoms with Crippen molar-refractivity contribution < 1.29 is 13.2 Å². The van der Waals surface area contributed by atoms with Crippen LogP contribution in [-0.4, -0.2) is 60.3 Å². The van der Waals surface area contributed by atoms with Crippen molar-refractivity contribution in [2.24, 2.45) is 0 Å². The predicted octanol–water partition coefficient (Wildman–Crippen LogP) is 5.47. The van der Waals surface area contributed by atoms with Crippen molar-refractivity contribution in [1.29, 1.82) is 0 Å². The van der Waals surface area contributed by atoms with Gasteiger partial charge in [-0.05, 0) is 63.4 Å². The van der Waals surface area contributed by atoms with E-state index in [1.807, 2.05) is 31.2 Å². The fraction of sp³-hybridized carbons (Fsp3) is 0.379. The molecule has 0 radical (unpaired) electrons. The van der Waals surface area contributed by atoms with Crippen LogP contribution >= 0.6 is 11.6 Å². The molecule has 5 rings (SSSR count). The highest BCUT2D eigenvalue weighted by Gasteiger charge is 2.25. The van der Waals surface area contributed by atoms with Gasteiger partial charge in [-0.3, -0.25) is 9.47 Å². The molecule has 1 fully saturated rings. The van der Waals surface area contributed by atoms with Crippen LogP contribution in [0.3, 0.4) is 0 Å². The Morgan fingerprint density at radius 1 is 0.975 bits per heavy atom. The quantitative estimate of drug-likeness (QED) is 0.280. The van der Waals surface area contributed by atoms with Crippen LogP contribution in [0.15, 0.2) is 65.6 Å². The summed E-state index contributed by atoms with van der Waals surface area (Å²) in [4.78, 5) is 4.99. The molecule has 1 aliphatic rings. The van der Waals surface area contributed by atoms with Gasteiger partial charge < -0.3 is 9.64 Å². The molecular formula is C29H35ClN6O3S. The topological polar surface area (TPSA) is 92.6 Å². The number of halogens is 1. The molecule has 1 atom stereocenters. The molecule has 1 aromatic heterocycles. The summed E-state index contributed by atoms with van der Waals surface area (Å²) in [6.07, 6.45) is 0. The van der Waals surface area contributed by atoms with Gasteiger partial charge in [-0.2, -0.15) is 0 Å². The molecule has 0 saturated carbocycles. The Kier molecular flexibility index (Phi) is 8.32. The van der Waals surface area contributed by atoms with E-state index in [9.17, 15) is 8.42 Å². The predicted molar refractivity (Wildman–Crippen MR) is 159 cm³/mol. The summed E-state index contributed by atoms with van der Waals surface area (Å²) in [5.74, 6) is 1.12. The molecule has 1 saturated heterocycles. The van der Waals surface area contributed by atoms with E-state index in [4.69, 9.17) is 16.3 Å².